The van der Waals surface area contributed by atoms with E-state index >= 15 is 0 Å². The summed E-state index contributed by atoms with van der Waals surface area (Å²) in [6, 6.07) is 5.70. The zero-order valence-corrected chi connectivity index (χ0v) is 12.3. The number of nitrogens with zero attached hydrogens (tertiary/aromatic N) is 1. The van der Waals surface area contributed by atoms with E-state index in [4.69, 9.17) is 5.73 Å². The Morgan fingerprint density at radius 3 is 2.64 bits per heavy atom. The largest absolute Gasteiger partial charge is 0.354 e. The van der Waals surface area contributed by atoms with Crippen LogP contribution in [0.15, 0.2) is 24.3 Å². The lowest BCUT2D eigenvalue weighted by atomic mass is 10.1. The summed E-state index contributed by atoms with van der Waals surface area (Å²) in [5.41, 5.74) is 6.57. The van der Waals surface area contributed by atoms with Crippen molar-refractivity contribution in [2.24, 2.45) is 17.6 Å². The summed E-state index contributed by atoms with van der Waals surface area (Å²) < 4.78 is 12.9. The normalized spacial score (nSPS) is 22.7. The van der Waals surface area contributed by atoms with Gasteiger partial charge in [0.1, 0.15) is 11.7 Å². The van der Waals surface area contributed by atoms with Crippen molar-refractivity contribution in [2.45, 2.75) is 25.3 Å². The summed E-state index contributed by atoms with van der Waals surface area (Å²) >= 11 is 0. The second-order valence-corrected chi connectivity index (χ2v) is 6.05. The van der Waals surface area contributed by atoms with Crippen LogP contribution in [0.25, 0.3) is 0 Å². The first kappa shape index (κ1) is 15.0. The Balaban J connectivity index is 1.57. The molecular formula is C16H20FN3O2. The Morgan fingerprint density at radius 2 is 2.00 bits per heavy atom. The van der Waals surface area contributed by atoms with Crippen LogP contribution in [0.5, 0.6) is 0 Å². The average Bonchev–Trinajstić information content (AvgIpc) is 3.29. The highest BCUT2D eigenvalue weighted by molar-refractivity contribution is 6.09. The third-order valence-electron chi connectivity index (χ3n) is 4.40. The molecule has 1 aliphatic heterocycles. The second kappa shape index (κ2) is 6.04. The van der Waals surface area contributed by atoms with Gasteiger partial charge in [-0.1, -0.05) is 0 Å². The molecule has 0 spiro atoms. The molecule has 2 unspecified atom stereocenters. The maximum absolute atomic E-state index is 12.9. The first-order valence-corrected chi connectivity index (χ1v) is 7.66. The molecule has 0 aromatic heterocycles. The predicted octanol–water partition coefficient (Wildman–Crippen LogP) is 1.03. The van der Waals surface area contributed by atoms with E-state index in [0.29, 0.717) is 31.1 Å². The second-order valence-electron chi connectivity index (χ2n) is 6.05. The van der Waals surface area contributed by atoms with Crippen molar-refractivity contribution >= 4 is 17.5 Å². The number of rotatable bonds is 5. The smallest absolute Gasteiger partial charge is 0.239 e. The van der Waals surface area contributed by atoms with Crippen molar-refractivity contribution < 1.29 is 14.0 Å². The molecule has 22 heavy (non-hydrogen) atoms. The van der Waals surface area contributed by atoms with Crippen LogP contribution in [0.4, 0.5) is 10.1 Å². The van der Waals surface area contributed by atoms with E-state index in [0.717, 1.165) is 12.8 Å². The Morgan fingerprint density at radius 1 is 1.32 bits per heavy atom. The lowest BCUT2D eigenvalue weighted by molar-refractivity contribution is -0.132. The van der Waals surface area contributed by atoms with Gasteiger partial charge in [0, 0.05) is 24.8 Å². The first-order chi connectivity index (χ1) is 10.6. The fraction of sp³-hybridized carbons (Fsp3) is 0.500. The summed E-state index contributed by atoms with van der Waals surface area (Å²) in [5, 5.41) is 2.79. The highest BCUT2D eigenvalue weighted by atomic mass is 19.1. The molecule has 1 saturated heterocycles. The van der Waals surface area contributed by atoms with Gasteiger partial charge in [-0.05, 0) is 49.4 Å². The van der Waals surface area contributed by atoms with E-state index in [-0.39, 0.29) is 23.7 Å². The molecule has 1 saturated carbocycles. The van der Waals surface area contributed by atoms with Gasteiger partial charge in [-0.25, -0.2) is 4.39 Å². The summed E-state index contributed by atoms with van der Waals surface area (Å²) in [4.78, 5) is 26.1. The van der Waals surface area contributed by atoms with Gasteiger partial charge >= 0.3 is 0 Å². The van der Waals surface area contributed by atoms with Crippen molar-refractivity contribution in [3.05, 3.63) is 30.1 Å². The van der Waals surface area contributed by atoms with Gasteiger partial charge in [-0.2, -0.15) is 0 Å². The number of hydrogen-bond donors (Lipinski definition) is 2. The van der Waals surface area contributed by atoms with Gasteiger partial charge < -0.3 is 16.0 Å². The third-order valence-corrected chi connectivity index (χ3v) is 4.40. The Kier molecular flexibility index (Phi) is 4.11. The number of anilines is 1. The highest BCUT2D eigenvalue weighted by Crippen LogP contribution is 2.31. The third kappa shape index (κ3) is 3.11. The van der Waals surface area contributed by atoms with Gasteiger partial charge in [-0.3, -0.25) is 9.59 Å². The van der Waals surface area contributed by atoms with Crippen LogP contribution in [-0.2, 0) is 9.59 Å². The molecule has 3 N–H and O–H groups in total. The lowest BCUT2D eigenvalue weighted by Gasteiger charge is -2.17. The quantitative estimate of drug-likeness (QED) is 0.798. The minimum atomic E-state index is -0.670. The summed E-state index contributed by atoms with van der Waals surface area (Å²) in [7, 11) is 0. The van der Waals surface area contributed by atoms with Gasteiger partial charge in [0.25, 0.3) is 0 Å². The monoisotopic (exact) mass is 305 g/mol. The van der Waals surface area contributed by atoms with Crippen LogP contribution in [0.1, 0.15) is 19.3 Å². The Bertz CT molecular complexity index is 571. The number of amides is 2. The van der Waals surface area contributed by atoms with Crippen LogP contribution in [0, 0.1) is 17.7 Å². The zero-order valence-electron chi connectivity index (χ0n) is 12.3. The number of nitrogens with one attached hydrogen (secondary N) is 1. The number of benzene rings is 1. The van der Waals surface area contributed by atoms with Gasteiger partial charge in [-0.15, -0.1) is 0 Å². The Labute approximate surface area is 128 Å². The van der Waals surface area contributed by atoms with Crippen LogP contribution in [0.3, 0.4) is 0 Å². The summed E-state index contributed by atoms with van der Waals surface area (Å²) in [6.07, 6.45) is 2.72. The fourth-order valence-electron chi connectivity index (χ4n) is 2.83. The molecule has 118 valence electrons. The number of halogens is 1. The average molecular weight is 305 g/mol. The molecule has 2 amide bonds. The number of nitrogens with two attached hydrogens (primary N) is 1. The van der Waals surface area contributed by atoms with Crippen LogP contribution >= 0.6 is 0 Å². The minimum Gasteiger partial charge on any atom is -0.354 e. The fourth-order valence-corrected chi connectivity index (χ4v) is 2.83. The summed E-state index contributed by atoms with van der Waals surface area (Å²) in [5.74, 6) is -1.000. The van der Waals surface area contributed by atoms with E-state index < -0.39 is 5.92 Å². The number of carbonyl (C=O) groups is 2. The number of hydrogen-bond acceptors (Lipinski definition) is 3. The van der Waals surface area contributed by atoms with E-state index in [2.05, 4.69) is 5.32 Å². The standard InChI is InChI=1S/C16H20FN3O2/c17-11-3-5-12(6-4-11)20-8-7-13(16(20)22)15(21)19-9-14(18)10-1-2-10/h3-6,10,13-14H,1-2,7-9,18H2,(H,19,21). The van der Waals surface area contributed by atoms with Crippen molar-refractivity contribution in [1.29, 1.82) is 0 Å². The SMILES string of the molecule is NC(CNC(=O)C1CCN(c2ccc(F)cc2)C1=O)C1CC1. The topological polar surface area (TPSA) is 75.4 Å². The molecule has 1 aliphatic carbocycles. The Hall–Kier alpha value is -1.95. The molecule has 1 aromatic rings. The molecule has 2 atom stereocenters. The van der Waals surface area contributed by atoms with Gasteiger partial charge in [0.2, 0.25) is 11.8 Å². The lowest BCUT2D eigenvalue weighted by Crippen LogP contribution is -2.43. The molecule has 2 fully saturated rings. The highest BCUT2D eigenvalue weighted by Gasteiger charge is 2.38. The molecule has 1 heterocycles. The maximum Gasteiger partial charge on any atom is 0.239 e. The van der Waals surface area contributed by atoms with Crippen molar-refractivity contribution in [3.63, 3.8) is 0 Å². The first-order valence-electron chi connectivity index (χ1n) is 7.66. The predicted molar refractivity (Wildman–Crippen MR) is 80.6 cm³/mol. The maximum atomic E-state index is 12.9. The molecule has 0 bridgehead atoms. The van der Waals surface area contributed by atoms with Crippen molar-refractivity contribution in [2.75, 3.05) is 18.0 Å². The molecular weight excluding hydrogens is 285 g/mol. The molecule has 6 heteroatoms. The van der Waals surface area contributed by atoms with Gasteiger partial charge in [0.05, 0.1) is 0 Å². The number of carbonyl (C=O) groups excluding carboxylic acids is 2. The van der Waals surface area contributed by atoms with E-state index in [9.17, 15) is 14.0 Å². The minimum absolute atomic E-state index is 0.0198. The zero-order chi connectivity index (χ0) is 15.7. The molecule has 0 radical (unpaired) electrons. The van der Waals surface area contributed by atoms with E-state index in [1.54, 1.807) is 12.1 Å². The molecule has 1 aromatic carbocycles. The van der Waals surface area contributed by atoms with E-state index in [1.165, 1.54) is 17.0 Å². The molecule has 5 nitrogen and oxygen atoms in total. The van der Waals surface area contributed by atoms with Crippen LogP contribution in [-0.4, -0.2) is 30.9 Å². The van der Waals surface area contributed by atoms with Crippen molar-refractivity contribution in [1.82, 2.24) is 5.32 Å². The van der Waals surface area contributed by atoms with Crippen LogP contribution in [0.2, 0.25) is 0 Å². The molecule has 2 aliphatic rings. The molecule has 3 rings (SSSR count). The van der Waals surface area contributed by atoms with Crippen molar-refractivity contribution in [3.8, 4) is 0 Å². The van der Waals surface area contributed by atoms with Gasteiger partial charge in [0.15, 0.2) is 0 Å². The summed E-state index contributed by atoms with van der Waals surface area (Å²) in [6.45, 7) is 0.890. The van der Waals surface area contributed by atoms with Crippen LogP contribution < -0.4 is 16.0 Å². The van der Waals surface area contributed by atoms with E-state index in [1.807, 2.05) is 0 Å².